The minimum absolute atomic E-state index is 0.109. The van der Waals surface area contributed by atoms with Gasteiger partial charge in [-0.1, -0.05) is 23.4 Å². The number of carbonyl (C=O) groups is 1. The molecule has 178 valence electrons. The van der Waals surface area contributed by atoms with Gasteiger partial charge < -0.3 is 23.8 Å². The Kier molecular flexibility index (Phi) is 6.43. The van der Waals surface area contributed by atoms with Crippen molar-refractivity contribution in [2.24, 2.45) is 0 Å². The number of nitrogens with zero attached hydrogens (tertiary/aromatic N) is 4. The summed E-state index contributed by atoms with van der Waals surface area (Å²) in [6.45, 7) is 1.39. The highest BCUT2D eigenvalue weighted by Gasteiger charge is 2.50. The van der Waals surface area contributed by atoms with Crippen LogP contribution in [-0.4, -0.2) is 71.6 Å². The summed E-state index contributed by atoms with van der Waals surface area (Å²) in [5.41, 5.74) is 1.47. The summed E-state index contributed by atoms with van der Waals surface area (Å²) in [6.07, 6.45) is 0.249. The molecular weight excluding hydrogens is 438 g/mol. The van der Waals surface area contributed by atoms with Crippen LogP contribution >= 0.6 is 0 Å². The molecule has 1 aromatic heterocycles. The number of ether oxygens (including phenoxy) is 4. The molecule has 0 radical (unpaired) electrons. The van der Waals surface area contributed by atoms with Gasteiger partial charge in [-0.2, -0.15) is 0 Å². The van der Waals surface area contributed by atoms with Crippen molar-refractivity contribution < 1.29 is 23.7 Å². The minimum atomic E-state index is -0.563. The van der Waals surface area contributed by atoms with Crippen LogP contribution in [0.5, 0.6) is 11.5 Å². The van der Waals surface area contributed by atoms with E-state index >= 15 is 0 Å². The van der Waals surface area contributed by atoms with Crippen molar-refractivity contribution in [3.05, 3.63) is 66.5 Å². The topological polar surface area (TPSA) is 100.0 Å². The van der Waals surface area contributed by atoms with Gasteiger partial charge in [0.15, 0.2) is 6.10 Å². The maximum Gasteiger partial charge on any atom is 0.412 e. The summed E-state index contributed by atoms with van der Waals surface area (Å²) in [4.78, 5) is 14.5. The lowest BCUT2D eigenvalue weighted by molar-refractivity contribution is 0.00770. The number of hydrogen-bond acceptors (Lipinski definition) is 8. The second-order valence-electron chi connectivity index (χ2n) is 8.60. The summed E-state index contributed by atoms with van der Waals surface area (Å²) in [5.74, 6) is 1.41. The number of hydrogen-bond donors (Lipinski definition) is 1. The van der Waals surface area contributed by atoms with E-state index in [0.717, 1.165) is 11.4 Å². The Labute approximate surface area is 197 Å². The number of fused-ring (bicyclic) bond motifs is 1. The van der Waals surface area contributed by atoms with E-state index in [9.17, 15) is 4.79 Å². The highest BCUT2D eigenvalue weighted by molar-refractivity contribution is 5.84. The molecule has 2 aromatic carbocycles. The lowest BCUT2D eigenvalue weighted by Gasteiger charge is -2.17. The zero-order valence-electron chi connectivity index (χ0n) is 19.0. The molecule has 10 heteroatoms. The molecule has 4 atom stereocenters. The number of benzene rings is 2. The first-order valence-electron chi connectivity index (χ1n) is 11.1. The first-order valence-corrected chi connectivity index (χ1v) is 11.1. The van der Waals surface area contributed by atoms with Crippen LogP contribution in [0.1, 0.15) is 11.7 Å². The lowest BCUT2D eigenvalue weighted by atomic mass is 10.1. The van der Waals surface area contributed by atoms with Crippen molar-refractivity contribution in [3.8, 4) is 11.5 Å². The van der Waals surface area contributed by atoms with Crippen molar-refractivity contribution in [1.29, 1.82) is 0 Å². The normalized spacial score (nSPS) is 23.6. The number of nitrogens with one attached hydrogen (secondary N) is 1. The third-order valence-electron chi connectivity index (χ3n) is 5.70. The van der Waals surface area contributed by atoms with Gasteiger partial charge in [-0.3, -0.25) is 5.32 Å². The molecule has 10 nitrogen and oxygen atoms in total. The van der Waals surface area contributed by atoms with Crippen LogP contribution < -0.4 is 10.1 Å². The van der Waals surface area contributed by atoms with Gasteiger partial charge in [0.2, 0.25) is 0 Å². The fraction of sp³-hybridized carbons (Fsp3) is 0.375. The highest BCUT2D eigenvalue weighted by Crippen LogP contribution is 2.35. The fourth-order valence-electron chi connectivity index (χ4n) is 4.16. The molecular formula is C24H27N5O5. The predicted octanol–water partition coefficient (Wildman–Crippen LogP) is 3.09. The number of carbonyl (C=O) groups excluding carboxylic acids is 1. The molecule has 0 saturated carbocycles. The lowest BCUT2D eigenvalue weighted by Crippen LogP contribution is -2.34. The monoisotopic (exact) mass is 465 g/mol. The van der Waals surface area contributed by atoms with Gasteiger partial charge in [-0.15, -0.1) is 5.10 Å². The Balaban J connectivity index is 1.14. The highest BCUT2D eigenvalue weighted by atomic mass is 16.6. The molecule has 0 spiro atoms. The van der Waals surface area contributed by atoms with Gasteiger partial charge in [0.05, 0.1) is 25.1 Å². The molecule has 5 rings (SSSR count). The van der Waals surface area contributed by atoms with E-state index < -0.39 is 12.2 Å². The van der Waals surface area contributed by atoms with Gasteiger partial charge in [0.25, 0.3) is 0 Å². The largest absolute Gasteiger partial charge is 0.457 e. The average molecular weight is 466 g/mol. The van der Waals surface area contributed by atoms with Crippen LogP contribution in [0.2, 0.25) is 0 Å². The zero-order chi connectivity index (χ0) is 23.5. The first kappa shape index (κ1) is 22.3. The van der Waals surface area contributed by atoms with Crippen molar-refractivity contribution >= 4 is 11.8 Å². The zero-order valence-corrected chi connectivity index (χ0v) is 19.0. The Morgan fingerprint density at radius 3 is 2.56 bits per heavy atom. The van der Waals surface area contributed by atoms with Crippen molar-refractivity contribution in [3.63, 3.8) is 0 Å². The standard InChI is InChI=1S/C24H27N5O5/c1-28(2)12-17-13-29(27-26-17)20-14-31-23-21(15-32-22(20)23)34-24(30)25-16-8-10-19(11-9-16)33-18-6-4-3-5-7-18/h3-11,13,20-23H,12,14-15H2,1-2H3,(H,25,30). The predicted molar refractivity (Wildman–Crippen MR) is 123 cm³/mol. The molecule has 2 fully saturated rings. The van der Waals surface area contributed by atoms with Crippen LogP contribution in [0.3, 0.4) is 0 Å². The number of amides is 1. The molecule has 0 bridgehead atoms. The summed E-state index contributed by atoms with van der Waals surface area (Å²) >= 11 is 0. The fourth-order valence-corrected chi connectivity index (χ4v) is 4.16. The van der Waals surface area contributed by atoms with E-state index in [2.05, 4.69) is 15.6 Å². The molecule has 3 heterocycles. The molecule has 1 amide bonds. The van der Waals surface area contributed by atoms with Crippen molar-refractivity contribution in [1.82, 2.24) is 19.9 Å². The van der Waals surface area contributed by atoms with Crippen LogP contribution in [0.4, 0.5) is 10.5 Å². The van der Waals surface area contributed by atoms with Crippen LogP contribution in [0.15, 0.2) is 60.8 Å². The van der Waals surface area contributed by atoms with Crippen molar-refractivity contribution in [2.45, 2.75) is 30.9 Å². The average Bonchev–Trinajstić information content (AvgIpc) is 3.53. The van der Waals surface area contributed by atoms with Gasteiger partial charge >= 0.3 is 6.09 Å². The molecule has 3 aromatic rings. The van der Waals surface area contributed by atoms with Gasteiger partial charge in [-0.25, -0.2) is 9.48 Å². The maximum absolute atomic E-state index is 12.5. The summed E-state index contributed by atoms with van der Waals surface area (Å²) in [5, 5.41) is 11.2. The van der Waals surface area contributed by atoms with Gasteiger partial charge in [-0.05, 0) is 50.5 Å². The number of rotatable bonds is 7. The van der Waals surface area contributed by atoms with Gasteiger partial charge in [0.1, 0.15) is 29.7 Å². The minimum Gasteiger partial charge on any atom is -0.457 e. The SMILES string of the molecule is CN(C)Cc1cn(C2COC3C(OC(=O)Nc4ccc(Oc5ccccc5)cc4)COC32)nn1. The number of aromatic nitrogens is 3. The van der Waals surface area contributed by atoms with E-state index in [0.29, 0.717) is 24.6 Å². The van der Waals surface area contributed by atoms with E-state index in [1.165, 1.54) is 0 Å². The molecule has 2 aliphatic rings. The molecule has 4 unspecified atom stereocenters. The molecule has 34 heavy (non-hydrogen) atoms. The smallest absolute Gasteiger partial charge is 0.412 e. The summed E-state index contributed by atoms with van der Waals surface area (Å²) < 4.78 is 25.0. The van der Waals surface area contributed by atoms with E-state index in [1.807, 2.05) is 55.5 Å². The quantitative estimate of drug-likeness (QED) is 0.568. The van der Waals surface area contributed by atoms with Crippen molar-refractivity contribution in [2.75, 3.05) is 32.6 Å². The molecule has 0 aliphatic carbocycles. The van der Waals surface area contributed by atoms with Crippen LogP contribution in [-0.2, 0) is 20.8 Å². The maximum atomic E-state index is 12.5. The number of para-hydroxylation sites is 1. The van der Waals surface area contributed by atoms with Crippen LogP contribution in [0.25, 0.3) is 0 Å². The van der Waals surface area contributed by atoms with Crippen LogP contribution in [0, 0.1) is 0 Å². The molecule has 2 aliphatic heterocycles. The number of anilines is 1. The second kappa shape index (κ2) is 9.80. The van der Waals surface area contributed by atoms with E-state index in [4.69, 9.17) is 18.9 Å². The van der Waals surface area contributed by atoms with E-state index in [1.54, 1.807) is 28.9 Å². The first-order chi connectivity index (χ1) is 16.5. The van der Waals surface area contributed by atoms with Gasteiger partial charge in [0, 0.05) is 12.2 Å². The Bertz CT molecular complexity index is 1100. The third-order valence-corrected chi connectivity index (χ3v) is 5.70. The molecule has 1 N–H and O–H groups in total. The summed E-state index contributed by atoms with van der Waals surface area (Å²) in [6, 6.07) is 16.5. The second-order valence-corrected chi connectivity index (χ2v) is 8.60. The Hall–Kier alpha value is -3.47. The summed E-state index contributed by atoms with van der Waals surface area (Å²) in [7, 11) is 3.96. The molecule has 2 saturated heterocycles. The van der Waals surface area contributed by atoms with E-state index in [-0.39, 0.29) is 24.9 Å². The Morgan fingerprint density at radius 1 is 1.06 bits per heavy atom. The Morgan fingerprint density at radius 2 is 1.79 bits per heavy atom. The third kappa shape index (κ3) is 5.04.